The van der Waals surface area contributed by atoms with E-state index in [0.29, 0.717) is 10.0 Å². The molecule has 2 aliphatic rings. The Balaban J connectivity index is 1.64. The first-order valence-electron chi connectivity index (χ1n) is 8.79. The molecule has 1 saturated heterocycles. The highest BCUT2D eigenvalue weighted by molar-refractivity contribution is 6.36. The van der Waals surface area contributed by atoms with Gasteiger partial charge < -0.3 is 4.90 Å². The van der Waals surface area contributed by atoms with Gasteiger partial charge in [-0.05, 0) is 54.7 Å². The van der Waals surface area contributed by atoms with Crippen LogP contribution in [0.25, 0.3) is 0 Å². The van der Waals surface area contributed by atoms with Crippen molar-refractivity contribution in [1.82, 2.24) is 4.90 Å². The van der Waals surface area contributed by atoms with Crippen molar-refractivity contribution >= 4 is 40.5 Å². The van der Waals surface area contributed by atoms with Gasteiger partial charge in [-0.2, -0.15) is 0 Å². The molecular formula is C20H21Cl3N2. The van der Waals surface area contributed by atoms with Gasteiger partial charge in [0.05, 0.1) is 16.8 Å². The zero-order valence-electron chi connectivity index (χ0n) is 14.0. The van der Waals surface area contributed by atoms with Crippen LogP contribution in [0.1, 0.15) is 24.4 Å². The van der Waals surface area contributed by atoms with Crippen molar-refractivity contribution in [3.05, 3.63) is 63.1 Å². The molecule has 0 spiro atoms. The van der Waals surface area contributed by atoms with E-state index >= 15 is 0 Å². The maximum atomic E-state index is 6.51. The number of benzene rings is 2. The minimum absolute atomic E-state index is 0.267. The Morgan fingerprint density at radius 2 is 1.60 bits per heavy atom. The SMILES string of the molecule is Clc1ccc(C2CN(CC3CC3)CCN2c2ccc(Cl)cc2Cl)cc1. The van der Waals surface area contributed by atoms with Gasteiger partial charge in [-0.3, -0.25) is 4.90 Å². The molecule has 0 aromatic heterocycles. The number of rotatable bonds is 4. The number of anilines is 1. The summed E-state index contributed by atoms with van der Waals surface area (Å²) in [6, 6.07) is 14.2. The van der Waals surface area contributed by atoms with Crippen molar-refractivity contribution in [3.8, 4) is 0 Å². The Labute approximate surface area is 164 Å². The van der Waals surface area contributed by atoms with Gasteiger partial charge in [0, 0.05) is 36.2 Å². The summed E-state index contributed by atoms with van der Waals surface area (Å²) in [5.41, 5.74) is 2.33. The zero-order valence-corrected chi connectivity index (χ0v) is 16.2. The van der Waals surface area contributed by atoms with Crippen molar-refractivity contribution in [2.24, 2.45) is 5.92 Å². The van der Waals surface area contributed by atoms with Crippen LogP contribution in [-0.2, 0) is 0 Å². The average molecular weight is 396 g/mol. The monoisotopic (exact) mass is 394 g/mol. The minimum atomic E-state index is 0.267. The van der Waals surface area contributed by atoms with Crippen LogP contribution in [0.2, 0.25) is 15.1 Å². The molecule has 1 saturated carbocycles. The van der Waals surface area contributed by atoms with Crippen molar-refractivity contribution in [2.75, 3.05) is 31.1 Å². The second-order valence-corrected chi connectivity index (χ2v) is 8.34. The third kappa shape index (κ3) is 4.09. The molecule has 2 fully saturated rings. The van der Waals surface area contributed by atoms with Crippen LogP contribution >= 0.6 is 34.8 Å². The summed E-state index contributed by atoms with van der Waals surface area (Å²) in [6.07, 6.45) is 2.77. The maximum absolute atomic E-state index is 6.51. The third-order valence-corrected chi connectivity index (χ3v) is 5.94. The molecule has 0 bridgehead atoms. The lowest BCUT2D eigenvalue weighted by Gasteiger charge is -2.43. The summed E-state index contributed by atoms with van der Waals surface area (Å²) in [7, 11) is 0. The van der Waals surface area contributed by atoms with Gasteiger partial charge >= 0.3 is 0 Å². The predicted octanol–water partition coefficient (Wildman–Crippen LogP) is 5.92. The van der Waals surface area contributed by atoms with E-state index in [2.05, 4.69) is 21.9 Å². The lowest BCUT2D eigenvalue weighted by atomic mass is 10.0. The summed E-state index contributed by atoms with van der Waals surface area (Å²) in [5.74, 6) is 0.900. The largest absolute Gasteiger partial charge is 0.361 e. The van der Waals surface area contributed by atoms with Gasteiger partial charge in [0.1, 0.15) is 0 Å². The molecule has 1 aliphatic heterocycles. The van der Waals surface area contributed by atoms with Crippen molar-refractivity contribution in [3.63, 3.8) is 0 Å². The summed E-state index contributed by atoms with van der Waals surface area (Å²) in [6.45, 7) is 4.25. The van der Waals surface area contributed by atoms with Crippen LogP contribution in [0.4, 0.5) is 5.69 Å². The van der Waals surface area contributed by atoms with Crippen molar-refractivity contribution in [2.45, 2.75) is 18.9 Å². The fraction of sp³-hybridized carbons (Fsp3) is 0.400. The first-order chi connectivity index (χ1) is 12.1. The smallest absolute Gasteiger partial charge is 0.0670 e. The van der Waals surface area contributed by atoms with Gasteiger partial charge in [0.2, 0.25) is 0 Å². The van der Waals surface area contributed by atoms with Crippen LogP contribution in [-0.4, -0.2) is 31.1 Å². The fourth-order valence-corrected chi connectivity index (χ4v) is 4.29. The number of halogens is 3. The quantitative estimate of drug-likeness (QED) is 0.634. The average Bonchev–Trinajstić information content (AvgIpc) is 3.40. The highest BCUT2D eigenvalue weighted by Gasteiger charge is 2.32. The first-order valence-corrected chi connectivity index (χ1v) is 9.93. The number of nitrogens with zero attached hydrogens (tertiary/aromatic N) is 2. The van der Waals surface area contributed by atoms with E-state index in [1.165, 1.54) is 24.9 Å². The second-order valence-electron chi connectivity index (χ2n) is 7.06. The first kappa shape index (κ1) is 17.5. The van der Waals surface area contributed by atoms with Crippen LogP contribution in [0.15, 0.2) is 42.5 Å². The van der Waals surface area contributed by atoms with Gasteiger partial charge in [-0.25, -0.2) is 0 Å². The molecule has 132 valence electrons. The Morgan fingerprint density at radius 3 is 2.28 bits per heavy atom. The molecule has 4 rings (SSSR count). The molecule has 0 radical (unpaired) electrons. The van der Waals surface area contributed by atoms with Crippen LogP contribution in [0.5, 0.6) is 0 Å². The molecule has 0 N–H and O–H groups in total. The van der Waals surface area contributed by atoms with Gasteiger partial charge in [-0.1, -0.05) is 46.9 Å². The lowest BCUT2D eigenvalue weighted by Crippen LogP contribution is -2.49. The minimum Gasteiger partial charge on any atom is -0.361 e. The molecule has 2 nitrogen and oxygen atoms in total. The Morgan fingerprint density at radius 1 is 0.880 bits per heavy atom. The zero-order chi connectivity index (χ0) is 17.4. The van der Waals surface area contributed by atoms with Crippen molar-refractivity contribution in [1.29, 1.82) is 0 Å². The second kappa shape index (κ2) is 7.36. The normalized spacial score (nSPS) is 21.6. The van der Waals surface area contributed by atoms with E-state index in [1.54, 1.807) is 0 Å². The molecule has 1 unspecified atom stereocenters. The van der Waals surface area contributed by atoms with Crippen molar-refractivity contribution < 1.29 is 0 Å². The highest BCUT2D eigenvalue weighted by Crippen LogP contribution is 2.38. The van der Waals surface area contributed by atoms with Crippen LogP contribution < -0.4 is 4.90 Å². The van der Waals surface area contributed by atoms with Gasteiger partial charge in [0.25, 0.3) is 0 Å². The molecule has 0 amide bonds. The summed E-state index contributed by atoms with van der Waals surface area (Å²) in [5, 5.41) is 2.15. The predicted molar refractivity (Wildman–Crippen MR) is 107 cm³/mol. The van der Waals surface area contributed by atoms with E-state index in [4.69, 9.17) is 34.8 Å². The number of hydrogen-bond acceptors (Lipinski definition) is 2. The fourth-order valence-electron chi connectivity index (χ4n) is 3.64. The number of hydrogen-bond donors (Lipinski definition) is 0. The lowest BCUT2D eigenvalue weighted by molar-refractivity contribution is 0.215. The topological polar surface area (TPSA) is 6.48 Å². The van der Waals surface area contributed by atoms with Gasteiger partial charge in [-0.15, -0.1) is 0 Å². The van der Waals surface area contributed by atoms with E-state index in [1.807, 2.05) is 30.3 Å². The Hall–Kier alpha value is -0.930. The molecule has 1 aliphatic carbocycles. The van der Waals surface area contributed by atoms with E-state index in [-0.39, 0.29) is 6.04 Å². The molecule has 2 aromatic rings. The third-order valence-electron chi connectivity index (χ3n) is 5.15. The van der Waals surface area contributed by atoms with Gasteiger partial charge in [0.15, 0.2) is 0 Å². The van der Waals surface area contributed by atoms with E-state index in [9.17, 15) is 0 Å². The van der Waals surface area contributed by atoms with Crippen LogP contribution in [0, 0.1) is 5.92 Å². The Kier molecular flexibility index (Phi) is 5.15. The summed E-state index contributed by atoms with van der Waals surface area (Å²) in [4.78, 5) is 5.00. The Bertz CT molecular complexity index is 743. The molecule has 5 heteroatoms. The van der Waals surface area contributed by atoms with Crippen LogP contribution in [0.3, 0.4) is 0 Å². The van der Waals surface area contributed by atoms with E-state index in [0.717, 1.165) is 36.3 Å². The molecule has 1 heterocycles. The molecule has 1 atom stereocenters. The number of piperazine rings is 1. The highest BCUT2D eigenvalue weighted by atomic mass is 35.5. The molecule has 25 heavy (non-hydrogen) atoms. The summed E-state index contributed by atoms with van der Waals surface area (Å²) >= 11 is 18.7. The maximum Gasteiger partial charge on any atom is 0.0670 e. The standard InChI is InChI=1S/C20H21Cl3N2/c21-16-5-3-15(4-6-16)20-13-24(12-14-1-2-14)9-10-25(20)19-8-7-17(22)11-18(19)23/h3-8,11,14,20H,1-2,9-10,12-13H2. The van der Waals surface area contributed by atoms with E-state index < -0.39 is 0 Å². The molecular weight excluding hydrogens is 375 g/mol. The molecule has 2 aromatic carbocycles. The summed E-state index contributed by atoms with van der Waals surface area (Å²) < 4.78 is 0.